The Labute approximate surface area is 111 Å². The zero-order chi connectivity index (χ0) is 13.3. The highest BCUT2D eigenvalue weighted by Crippen LogP contribution is 2.33. The van der Waals surface area contributed by atoms with Crippen molar-refractivity contribution in [3.8, 4) is 0 Å². The van der Waals surface area contributed by atoms with Crippen molar-refractivity contribution in [1.82, 2.24) is 0 Å². The molecule has 94 valence electrons. The van der Waals surface area contributed by atoms with Crippen molar-refractivity contribution in [2.24, 2.45) is 0 Å². The van der Waals surface area contributed by atoms with Gasteiger partial charge in [-0.1, -0.05) is 11.6 Å². The standard InChI is InChI=1S/C14H14ClFN2/c1-9-7-14(13(17)8-12(9)15)18(2)11-5-3-10(16)4-6-11/h3-8H,17H2,1-2H3. The molecule has 18 heavy (non-hydrogen) atoms. The Balaban J connectivity index is 2.42. The zero-order valence-corrected chi connectivity index (χ0v) is 11.0. The van der Waals surface area contributed by atoms with Gasteiger partial charge in [0.05, 0.1) is 11.4 Å². The molecule has 2 nitrogen and oxygen atoms in total. The molecule has 0 aliphatic heterocycles. The second-order valence-corrected chi connectivity index (χ2v) is 4.60. The van der Waals surface area contributed by atoms with Crippen LogP contribution < -0.4 is 10.6 Å². The number of hydrogen-bond donors (Lipinski definition) is 1. The van der Waals surface area contributed by atoms with Gasteiger partial charge in [-0.2, -0.15) is 0 Å². The Morgan fingerprint density at radius 1 is 1.17 bits per heavy atom. The molecule has 0 amide bonds. The van der Waals surface area contributed by atoms with Gasteiger partial charge in [-0.25, -0.2) is 4.39 Å². The van der Waals surface area contributed by atoms with Crippen LogP contribution in [-0.4, -0.2) is 7.05 Å². The van der Waals surface area contributed by atoms with Crippen LogP contribution in [0.15, 0.2) is 36.4 Å². The van der Waals surface area contributed by atoms with Gasteiger partial charge in [0.15, 0.2) is 0 Å². The molecule has 2 aromatic carbocycles. The predicted molar refractivity (Wildman–Crippen MR) is 75.1 cm³/mol. The van der Waals surface area contributed by atoms with Crippen molar-refractivity contribution < 1.29 is 4.39 Å². The molecule has 2 aromatic rings. The van der Waals surface area contributed by atoms with Crippen molar-refractivity contribution in [2.75, 3.05) is 17.7 Å². The van der Waals surface area contributed by atoms with E-state index in [2.05, 4.69) is 0 Å². The second kappa shape index (κ2) is 4.86. The average Bonchev–Trinajstić information content (AvgIpc) is 2.34. The zero-order valence-electron chi connectivity index (χ0n) is 10.2. The van der Waals surface area contributed by atoms with Crippen LogP contribution in [0.2, 0.25) is 5.02 Å². The summed E-state index contributed by atoms with van der Waals surface area (Å²) in [6.07, 6.45) is 0. The van der Waals surface area contributed by atoms with E-state index in [1.807, 2.05) is 24.9 Å². The van der Waals surface area contributed by atoms with Gasteiger partial charge in [-0.05, 0) is 48.9 Å². The maximum absolute atomic E-state index is 12.9. The largest absolute Gasteiger partial charge is 0.397 e. The molecule has 0 unspecified atom stereocenters. The van der Waals surface area contributed by atoms with Gasteiger partial charge in [0.1, 0.15) is 5.82 Å². The first kappa shape index (κ1) is 12.7. The fourth-order valence-corrected chi connectivity index (χ4v) is 1.95. The molecule has 0 aliphatic carbocycles. The van der Waals surface area contributed by atoms with Crippen LogP contribution in [0, 0.1) is 12.7 Å². The Morgan fingerprint density at radius 2 is 1.78 bits per heavy atom. The van der Waals surface area contributed by atoms with Gasteiger partial charge >= 0.3 is 0 Å². The topological polar surface area (TPSA) is 29.3 Å². The number of nitrogens with zero attached hydrogens (tertiary/aromatic N) is 1. The molecule has 0 fully saturated rings. The average molecular weight is 265 g/mol. The lowest BCUT2D eigenvalue weighted by Crippen LogP contribution is -2.12. The summed E-state index contributed by atoms with van der Waals surface area (Å²) in [7, 11) is 1.88. The number of rotatable bonds is 2. The molecule has 0 aliphatic rings. The lowest BCUT2D eigenvalue weighted by atomic mass is 10.1. The molecule has 0 saturated heterocycles. The second-order valence-electron chi connectivity index (χ2n) is 4.20. The van der Waals surface area contributed by atoms with Gasteiger partial charge < -0.3 is 10.6 Å². The van der Waals surface area contributed by atoms with Crippen LogP contribution in [0.3, 0.4) is 0 Å². The highest BCUT2D eigenvalue weighted by atomic mass is 35.5. The third-order valence-electron chi connectivity index (χ3n) is 2.88. The molecular weight excluding hydrogens is 251 g/mol. The maximum atomic E-state index is 12.9. The monoisotopic (exact) mass is 264 g/mol. The van der Waals surface area contributed by atoms with E-state index in [4.69, 9.17) is 17.3 Å². The van der Waals surface area contributed by atoms with E-state index >= 15 is 0 Å². The highest BCUT2D eigenvalue weighted by molar-refractivity contribution is 6.31. The molecule has 2 rings (SSSR count). The third kappa shape index (κ3) is 2.41. The molecule has 0 aromatic heterocycles. The minimum absolute atomic E-state index is 0.257. The number of nitrogen functional groups attached to an aromatic ring is 1. The first-order valence-electron chi connectivity index (χ1n) is 5.54. The summed E-state index contributed by atoms with van der Waals surface area (Å²) in [5.74, 6) is -0.257. The lowest BCUT2D eigenvalue weighted by Gasteiger charge is -2.22. The SMILES string of the molecule is Cc1cc(N(C)c2ccc(F)cc2)c(N)cc1Cl. The molecular formula is C14H14ClFN2. The summed E-state index contributed by atoms with van der Waals surface area (Å²) in [4.78, 5) is 1.90. The number of anilines is 3. The van der Waals surface area contributed by atoms with E-state index in [1.165, 1.54) is 12.1 Å². The molecule has 0 bridgehead atoms. The molecule has 0 heterocycles. The Morgan fingerprint density at radius 3 is 2.39 bits per heavy atom. The van der Waals surface area contributed by atoms with E-state index in [9.17, 15) is 4.39 Å². The summed E-state index contributed by atoms with van der Waals surface area (Å²) in [5, 5.41) is 0.642. The van der Waals surface area contributed by atoms with E-state index in [1.54, 1.807) is 18.2 Å². The van der Waals surface area contributed by atoms with Crippen molar-refractivity contribution in [3.05, 3.63) is 52.8 Å². The number of nitrogens with two attached hydrogens (primary N) is 1. The fourth-order valence-electron chi connectivity index (χ4n) is 1.78. The van der Waals surface area contributed by atoms with Crippen LogP contribution in [0.5, 0.6) is 0 Å². The highest BCUT2D eigenvalue weighted by Gasteiger charge is 2.10. The molecule has 0 spiro atoms. The van der Waals surface area contributed by atoms with E-state index in [0.717, 1.165) is 16.9 Å². The van der Waals surface area contributed by atoms with Crippen LogP contribution in [0.4, 0.5) is 21.5 Å². The minimum Gasteiger partial charge on any atom is -0.397 e. The Hall–Kier alpha value is -1.74. The normalized spacial score (nSPS) is 10.4. The van der Waals surface area contributed by atoms with Gasteiger partial charge in [0.25, 0.3) is 0 Å². The van der Waals surface area contributed by atoms with Crippen molar-refractivity contribution >= 4 is 28.7 Å². The maximum Gasteiger partial charge on any atom is 0.123 e. The molecule has 2 N–H and O–H groups in total. The molecule has 0 atom stereocenters. The third-order valence-corrected chi connectivity index (χ3v) is 3.29. The van der Waals surface area contributed by atoms with Crippen LogP contribution in [-0.2, 0) is 0 Å². The summed E-state index contributed by atoms with van der Waals surface area (Å²) >= 11 is 6.01. The smallest absolute Gasteiger partial charge is 0.123 e. The Kier molecular flexibility index (Phi) is 3.43. The van der Waals surface area contributed by atoms with Crippen LogP contribution in [0.1, 0.15) is 5.56 Å². The number of aryl methyl sites for hydroxylation is 1. The van der Waals surface area contributed by atoms with E-state index in [0.29, 0.717) is 10.7 Å². The summed E-state index contributed by atoms with van der Waals surface area (Å²) in [6, 6.07) is 9.90. The summed E-state index contributed by atoms with van der Waals surface area (Å²) in [5.41, 5.74) is 9.22. The van der Waals surface area contributed by atoms with Gasteiger partial charge in [0, 0.05) is 17.8 Å². The minimum atomic E-state index is -0.257. The number of hydrogen-bond acceptors (Lipinski definition) is 2. The van der Waals surface area contributed by atoms with Crippen molar-refractivity contribution in [2.45, 2.75) is 6.92 Å². The lowest BCUT2D eigenvalue weighted by molar-refractivity contribution is 0.628. The van der Waals surface area contributed by atoms with Gasteiger partial charge in [-0.15, -0.1) is 0 Å². The summed E-state index contributed by atoms with van der Waals surface area (Å²) in [6.45, 7) is 1.92. The molecule has 0 radical (unpaired) electrons. The first-order valence-corrected chi connectivity index (χ1v) is 5.92. The summed E-state index contributed by atoms with van der Waals surface area (Å²) < 4.78 is 12.9. The molecule has 4 heteroatoms. The molecule has 0 saturated carbocycles. The number of halogens is 2. The quantitative estimate of drug-likeness (QED) is 0.826. The predicted octanol–water partition coefficient (Wildman–Crippen LogP) is 4.14. The van der Waals surface area contributed by atoms with Gasteiger partial charge in [0.2, 0.25) is 0 Å². The van der Waals surface area contributed by atoms with E-state index in [-0.39, 0.29) is 5.82 Å². The number of benzene rings is 2. The van der Waals surface area contributed by atoms with Crippen molar-refractivity contribution in [1.29, 1.82) is 0 Å². The first-order chi connectivity index (χ1) is 8.49. The van der Waals surface area contributed by atoms with Crippen LogP contribution in [0.25, 0.3) is 0 Å². The van der Waals surface area contributed by atoms with Gasteiger partial charge in [-0.3, -0.25) is 0 Å². The fraction of sp³-hybridized carbons (Fsp3) is 0.143. The van der Waals surface area contributed by atoms with Crippen LogP contribution >= 0.6 is 11.6 Å². The Bertz CT molecular complexity index is 567. The van der Waals surface area contributed by atoms with E-state index < -0.39 is 0 Å². The van der Waals surface area contributed by atoms with Crippen molar-refractivity contribution in [3.63, 3.8) is 0 Å².